The number of anilines is 1. The molecule has 10 heteroatoms. The summed E-state index contributed by atoms with van der Waals surface area (Å²) in [4.78, 5) is 28.5. The SMILES string of the molecule is C=CCOC(=O)Nc1ccn([C@H]2C[C@H](O)[C@@H](COC(c3ccccc3)(c3ccccc3)c3ccc(OC)cc3)O2)c(=O)n1. The number of hydrogen-bond acceptors (Lipinski definition) is 8. The number of nitrogens with one attached hydrogen (secondary N) is 1. The summed E-state index contributed by atoms with van der Waals surface area (Å²) in [5.74, 6) is 0.744. The van der Waals surface area contributed by atoms with Gasteiger partial charge in [0.25, 0.3) is 0 Å². The minimum Gasteiger partial charge on any atom is -0.497 e. The lowest BCUT2D eigenvalue weighted by molar-refractivity contribution is -0.0944. The molecule has 1 fully saturated rings. The van der Waals surface area contributed by atoms with Gasteiger partial charge in [0.1, 0.15) is 36.1 Å². The van der Waals surface area contributed by atoms with Crippen molar-refractivity contribution in [1.82, 2.24) is 9.55 Å². The third-order valence-electron chi connectivity index (χ3n) is 7.23. The molecule has 10 nitrogen and oxygen atoms in total. The molecule has 4 aromatic rings. The van der Waals surface area contributed by atoms with Crippen molar-refractivity contribution in [1.29, 1.82) is 0 Å². The number of hydrogen-bond donors (Lipinski definition) is 2. The Balaban J connectivity index is 1.40. The van der Waals surface area contributed by atoms with Gasteiger partial charge in [0.05, 0.1) is 19.8 Å². The van der Waals surface area contributed by atoms with Crippen molar-refractivity contribution in [2.24, 2.45) is 0 Å². The number of methoxy groups -OCH3 is 1. The highest BCUT2D eigenvalue weighted by molar-refractivity contribution is 5.83. The third-order valence-corrected chi connectivity index (χ3v) is 7.23. The minimum atomic E-state index is -1.04. The molecule has 0 saturated carbocycles. The van der Waals surface area contributed by atoms with Gasteiger partial charge in [0.15, 0.2) is 0 Å². The average Bonchev–Trinajstić information content (AvgIpc) is 3.41. The highest BCUT2D eigenvalue weighted by Gasteiger charge is 2.42. The molecule has 0 radical (unpaired) electrons. The van der Waals surface area contributed by atoms with Crippen molar-refractivity contribution in [2.45, 2.75) is 30.5 Å². The van der Waals surface area contributed by atoms with Gasteiger partial charge in [-0.1, -0.05) is 85.5 Å². The number of aliphatic hydroxyl groups is 1. The monoisotopic (exact) mass is 583 g/mol. The number of ether oxygens (including phenoxy) is 4. The zero-order chi connectivity index (χ0) is 30.2. The zero-order valence-corrected chi connectivity index (χ0v) is 23.7. The molecule has 1 saturated heterocycles. The van der Waals surface area contributed by atoms with Crippen LogP contribution in [0.1, 0.15) is 29.3 Å². The van der Waals surface area contributed by atoms with Crippen LogP contribution in [0.2, 0.25) is 0 Å². The van der Waals surface area contributed by atoms with E-state index in [9.17, 15) is 14.7 Å². The highest BCUT2D eigenvalue weighted by atomic mass is 16.6. The quantitative estimate of drug-likeness (QED) is 0.194. The van der Waals surface area contributed by atoms with Gasteiger partial charge in [-0.05, 0) is 34.9 Å². The number of aliphatic hydroxyl groups excluding tert-OH is 1. The van der Waals surface area contributed by atoms with Crippen LogP contribution in [0.15, 0.2) is 115 Å². The first-order valence-corrected chi connectivity index (χ1v) is 13.8. The summed E-state index contributed by atoms with van der Waals surface area (Å²) < 4.78 is 24.5. The standard InChI is InChI=1S/C33H33N3O7/c1-3-20-41-32(39)35-29-18-19-36(31(38)34-29)30-21-27(37)28(43-30)22-42-33(23-10-6-4-7-11-23,24-12-8-5-9-13-24)25-14-16-26(40-2)17-15-25/h3-19,27-28,30,37H,1,20-22H2,2H3,(H,34,35,38,39)/t27-,28+,30+/m0/s1. The van der Waals surface area contributed by atoms with Crippen LogP contribution in [0.4, 0.5) is 10.6 Å². The summed E-state index contributed by atoms with van der Waals surface area (Å²) >= 11 is 0. The van der Waals surface area contributed by atoms with Gasteiger partial charge in [0, 0.05) is 12.6 Å². The molecule has 0 unspecified atom stereocenters. The molecule has 2 heterocycles. The maximum atomic E-state index is 12.8. The smallest absolute Gasteiger partial charge is 0.413 e. The van der Waals surface area contributed by atoms with E-state index in [2.05, 4.69) is 16.9 Å². The van der Waals surface area contributed by atoms with Gasteiger partial charge in [-0.15, -0.1) is 0 Å². The molecule has 2 N–H and O–H groups in total. The number of carbonyl (C=O) groups is 1. The predicted molar refractivity (Wildman–Crippen MR) is 160 cm³/mol. The Labute approximate surface area is 249 Å². The zero-order valence-electron chi connectivity index (χ0n) is 23.7. The van der Waals surface area contributed by atoms with E-state index in [4.69, 9.17) is 18.9 Å². The van der Waals surface area contributed by atoms with E-state index in [1.807, 2.05) is 84.9 Å². The molecule has 3 aromatic carbocycles. The van der Waals surface area contributed by atoms with Crippen molar-refractivity contribution in [3.8, 4) is 5.75 Å². The number of carbonyl (C=O) groups excluding carboxylic acids is 1. The van der Waals surface area contributed by atoms with Gasteiger partial charge in [-0.25, -0.2) is 9.59 Å². The highest BCUT2D eigenvalue weighted by Crippen LogP contribution is 2.42. The molecule has 3 atom stereocenters. The maximum absolute atomic E-state index is 12.8. The number of amides is 1. The predicted octanol–water partition coefficient (Wildman–Crippen LogP) is 4.64. The first-order valence-electron chi connectivity index (χ1n) is 13.8. The third kappa shape index (κ3) is 6.51. The lowest BCUT2D eigenvalue weighted by Crippen LogP contribution is -2.38. The Bertz CT molecular complexity index is 1540. The normalized spacial score (nSPS) is 18.1. The molecule has 0 aliphatic carbocycles. The number of aromatic nitrogens is 2. The van der Waals surface area contributed by atoms with Crippen molar-refractivity contribution >= 4 is 11.9 Å². The Morgan fingerprint density at radius 2 is 1.67 bits per heavy atom. The van der Waals surface area contributed by atoms with Crippen molar-refractivity contribution < 1.29 is 28.8 Å². The summed E-state index contributed by atoms with van der Waals surface area (Å²) in [5, 5.41) is 13.4. The van der Waals surface area contributed by atoms with Crippen LogP contribution in [0.3, 0.4) is 0 Å². The van der Waals surface area contributed by atoms with E-state index in [0.29, 0.717) is 5.75 Å². The van der Waals surface area contributed by atoms with Crippen molar-refractivity contribution in [3.63, 3.8) is 0 Å². The Morgan fingerprint density at radius 3 is 2.26 bits per heavy atom. The Kier molecular flexibility index (Phi) is 9.31. The Hall–Kier alpha value is -4.77. The van der Waals surface area contributed by atoms with Gasteiger partial charge < -0.3 is 24.1 Å². The number of rotatable bonds is 11. The molecular formula is C33H33N3O7. The van der Waals surface area contributed by atoms with E-state index in [1.54, 1.807) is 7.11 Å². The van der Waals surface area contributed by atoms with E-state index >= 15 is 0 Å². The van der Waals surface area contributed by atoms with Gasteiger partial charge >= 0.3 is 11.8 Å². The number of benzene rings is 3. The van der Waals surface area contributed by atoms with Crippen LogP contribution in [0.25, 0.3) is 0 Å². The molecule has 5 rings (SSSR count). The van der Waals surface area contributed by atoms with E-state index in [1.165, 1.54) is 22.9 Å². The molecule has 1 aliphatic heterocycles. The average molecular weight is 584 g/mol. The molecule has 1 aromatic heterocycles. The summed E-state index contributed by atoms with van der Waals surface area (Å²) in [6.45, 7) is 3.52. The van der Waals surface area contributed by atoms with E-state index in [-0.39, 0.29) is 25.5 Å². The topological polar surface area (TPSA) is 121 Å². The second-order valence-electron chi connectivity index (χ2n) is 9.90. The van der Waals surface area contributed by atoms with Gasteiger partial charge in [-0.3, -0.25) is 9.88 Å². The lowest BCUT2D eigenvalue weighted by Gasteiger charge is -2.37. The van der Waals surface area contributed by atoms with Crippen LogP contribution in [0.5, 0.6) is 5.75 Å². The fourth-order valence-corrected chi connectivity index (χ4v) is 5.14. The summed E-state index contributed by atoms with van der Waals surface area (Å²) in [6.07, 6.45) is -0.169. The van der Waals surface area contributed by atoms with Crippen molar-refractivity contribution in [3.05, 3.63) is 137 Å². The molecule has 1 amide bonds. The van der Waals surface area contributed by atoms with Gasteiger partial charge in [-0.2, -0.15) is 4.98 Å². The Morgan fingerprint density at radius 1 is 1.05 bits per heavy atom. The summed E-state index contributed by atoms with van der Waals surface area (Å²) in [5.41, 5.74) is 0.962. The molecule has 1 aliphatic rings. The van der Waals surface area contributed by atoms with Crippen LogP contribution >= 0.6 is 0 Å². The largest absolute Gasteiger partial charge is 0.497 e. The molecule has 0 spiro atoms. The summed E-state index contributed by atoms with van der Waals surface area (Å²) in [7, 11) is 1.62. The first-order chi connectivity index (χ1) is 20.9. The number of nitrogens with zero attached hydrogens (tertiary/aromatic N) is 2. The maximum Gasteiger partial charge on any atom is 0.413 e. The van der Waals surface area contributed by atoms with Crippen LogP contribution in [0, 0.1) is 0 Å². The molecule has 43 heavy (non-hydrogen) atoms. The van der Waals surface area contributed by atoms with Crippen molar-refractivity contribution in [2.75, 3.05) is 25.6 Å². The lowest BCUT2D eigenvalue weighted by atomic mass is 9.80. The fourth-order valence-electron chi connectivity index (χ4n) is 5.14. The minimum absolute atomic E-state index is 0.0183. The summed E-state index contributed by atoms with van der Waals surface area (Å²) in [6, 6.07) is 28.8. The van der Waals surface area contributed by atoms with Crippen LogP contribution in [-0.2, 0) is 19.8 Å². The molecule has 0 bridgehead atoms. The van der Waals surface area contributed by atoms with Gasteiger partial charge in [0.2, 0.25) is 0 Å². The first kappa shape index (κ1) is 29.7. The second-order valence-corrected chi connectivity index (χ2v) is 9.90. The van der Waals surface area contributed by atoms with Crippen LogP contribution < -0.4 is 15.7 Å². The second kappa shape index (κ2) is 13.5. The van der Waals surface area contributed by atoms with E-state index in [0.717, 1.165) is 16.7 Å². The fraction of sp³-hybridized carbons (Fsp3) is 0.242. The van der Waals surface area contributed by atoms with E-state index < -0.39 is 35.8 Å². The molecular weight excluding hydrogens is 550 g/mol. The molecule has 222 valence electrons. The van der Waals surface area contributed by atoms with Crippen LogP contribution in [-0.4, -0.2) is 53.3 Å².